The van der Waals surface area contributed by atoms with Crippen LogP contribution >= 0.6 is 15.9 Å². The molecule has 0 aliphatic heterocycles. The van der Waals surface area contributed by atoms with Crippen LogP contribution < -0.4 is 5.32 Å². The van der Waals surface area contributed by atoms with E-state index in [0.717, 1.165) is 10.9 Å². The first-order valence-corrected chi connectivity index (χ1v) is 8.32. The molecule has 2 aromatic carbocycles. The molecule has 0 saturated heterocycles. The van der Waals surface area contributed by atoms with Crippen LogP contribution in [0.4, 0.5) is 0 Å². The molecule has 2 aromatic rings. The van der Waals surface area contributed by atoms with Crippen molar-refractivity contribution in [3.63, 3.8) is 0 Å². The third-order valence-electron chi connectivity index (χ3n) is 3.73. The first kappa shape index (κ1) is 16.3. The van der Waals surface area contributed by atoms with Gasteiger partial charge in [-0.25, -0.2) is 0 Å². The minimum absolute atomic E-state index is 0.240. The molecule has 0 heterocycles. The number of benzene rings is 2. The minimum atomic E-state index is 0.240. The van der Waals surface area contributed by atoms with Gasteiger partial charge in [-0.05, 0) is 54.6 Å². The number of rotatable bonds is 5. The highest BCUT2D eigenvalue weighted by molar-refractivity contribution is 9.10. The first-order valence-electron chi connectivity index (χ1n) is 7.53. The Morgan fingerprint density at radius 3 is 2.38 bits per heavy atom. The lowest BCUT2D eigenvalue weighted by molar-refractivity contribution is 0.643. The van der Waals surface area contributed by atoms with Gasteiger partial charge in [-0.1, -0.05) is 66.2 Å². The van der Waals surface area contributed by atoms with Crippen LogP contribution in [-0.4, -0.2) is 7.05 Å². The van der Waals surface area contributed by atoms with Gasteiger partial charge in [0.2, 0.25) is 0 Å². The van der Waals surface area contributed by atoms with E-state index in [2.05, 4.69) is 84.5 Å². The molecule has 1 atom stereocenters. The van der Waals surface area contributed by atoms with Crippen LogP contribution in [0.2, 0.25) is 0 Å². The molecule has 0 bridgehead atoms. The van der Waals surface area contributed by atoms with Gasteiger partial charge in [-0.3, -0.25) is 0 Å². The van der Waals surface area contributed by atoms with Crippen molar-refractivity contribution < 1.29 is 0 Å². The van der Waals surface area contributed by atoms with Crippen LogP contribution in [0, 0.1) is 12.8 Å². The van der Waals surface area contributed by atoms with E-state index in [-0.39, 0.29) is 6.04 Å². The van der Waals surface area contributed by atoms with Crippen LogP contribution in [0.5, 0.6) is 0 Å². The van der Waals surface area contributed by atoms with Crippen molar-refractivity contribution in [1.82, 2.24) is 5.32 Å². The van der Waals surface area contributed by atoms with Crippen molar-refractivity contribution in [2.75, 3.05) is 7.05 Å². The Morgan fingerprint density at radius 1 is 1.05 bits per heavy atom. The van der Waals surface area contributed by atoms with Gasteiger partial charge in [0, 0.05) is 4.47 Å². The van der Waals surface area contributed by atoms with Crippen LogP contribution in [-0.2, 0) is 6.42 Å². The number of aryl methyl sites for hydroxylation is 1. The first-order chi connectivity index (χ1) is 10.0. The van der Waals surface area contributed by atoms with Crippen molar-refractivity contribution in [3.05, 3.63) is 69.2 Å². The van der Waals surface area contributed by atoms with Crippen LogP contribution in [0.1, 0.15) is 42.1 Å². The maximum Gasteiger partial charge on any atom is 0.0574 e. The van der Waals surface area contributed by atoms with E-state index >= 15 is 0 Å². The molecule has 0 saturated carbocycles. The van der Waals surface area contributed by atoms with Gasteiger partial charge in [0.15, 0.2) is 0 Å². The zero-order valence-electron chi connectivity index (χ0n) is 13.3. The summed E-state index contributed by atoms with van der Waals surface area (Å²) >= 11 is 3.57. The SMILES string of the molecule is CNC(c1cccc(CC(C)C)c1)c1ccc(Br)c(C)c1. The summed E-state index contributed by atoms with van der Waals surface area (Å²) < 4.78 is 1.16. The lowest BCUT2D eigenvalue weighted by atomic mass is 9.94. The van der Waals surface area contributed by atoms with E-state index < -0.39 is 0 Å². The standard InChI is InChI=1S/C19H24BrN/c1-13(2)10-15-6-5-7-16(12-15)19(21-4)17-8-9-18(20)14(3)11-17/h5-9,11-13,19,21H,10H2,1-4H3. The predicted octanol–water partition coefficient (Wildman–Crippen LogP) is 5.26. The second-order valence-corrected chi connectivity index (χ2v) is 6.93. The molecule has 1 unspecified atom stereocenters. The Bertz CT molecular complexity index is 604. The second kappa shape index (κ2) is 7.24. The average Bonchev–Trinajstić information content (AvgIpc) is 2.43. The predicted molar refractivity (Wildman–Crippen MR) is 94.8 cm³/mol. The van der Waals surface area contributed by atoms with Gasteiger partial charge in [0.25, 0.3) is 0 Å². The number of hydrogen-bond donors (Lipinski definition) is 1. The van der Waals surface area contributed by atoms with E-state index in [1.54, 1.807) is 0 Å². The fourth-order valence-corrected chi connectivity index (χ4v) is 2.99. The molecule has 2 heteroatoms. The Hall–Kier alpha value is -1.12. The van der Waals surface area contributed by atoms with Crippen molar-refractivity contribution in [2.24, 2.45) is 5.92 Å². The van der Waals surface area contributed by atoms with Gasteiger partial charge in [-0.15, -0.1) is 0 Å². The molecule has 0 spiro atoms. The molecule has 1 N–H and O–H groups in total. The summed E-state index contributed by atoms with van der Waals surface area (Å²) in [5.74, 6) is 0.684. The van der Waals surface area contributed by atoms with E-state index in [9.17, 15) is 0 Å². The Morgan fingerprint density at radius 2 is 1.76 bits per heavy atom. The molecule has 1 nitrogen and oxygen atoms in total. The highest BCUT2D eigenvalue weighted by Crippen LogP contribution is 2.26. The molecule has 2 rings (SSSR count). The molecule has 0 radical (unpaired) electrons. The van der Waals surface area contributed by atoms with Gasteiger partial charge < -0.3 is 5.32 Å². The lowest BCUT2D eigenvalue weighted by Gasteiger charge is -2.19. The summed E-state index contributed by atoms with van der Waals surface area (Å²) in [5.41, 5.74) is 5.32. The van der Waals surface area contributed by atoms with E-state index in [0.29, 0.717) is 5.92 Å². The molecule has 0 fully saturated rings. The van der Waals surface area contributed by atoms with Crippen LogP contribution in [0.3, 0.4) is 0 Å². The van der Waals surface area contributed by atoms with E-state index in [1.165, 1.54) is 22.3 Å². The third-order valence-corrected chi connectivity index (χ3v) is 4.62. The fourth-order valence-electron chi connectivity index (χ4n) is 2.74. The number of halogens is 1. The molecule has 0 amide bonds. The van der Waals surface area contributed by atoms with Crippen molar-refractivity contribution in [2.45, 2.75) is 33.2 Å². The largest absolute Gasteiger partial charge is 0.309 e. The van der Waals surface area contributed by atoms with Gasteiger partial charge >= 0.3 is 0 Å². The maximum absolute atomic E-state index is 3.57. The van der Waals surface area contributed by atoms with Crippen molar-refractivity contribution >= 4 is 15.9 Å². The topological polar surface area (TPSA) is 12.0 Å². The number of nitrogens with one attached hydrogen (secondary N) is 1. The monoisotopic (exact) mass is 345 g/mol. The van der Waals surface area contributed by atoms with Gasteiger partial charge in [-0.2, -0.15) is 0 Å². The van der Waals surface area contributed by atoms with Crippen LogP contribution in [0.25, 0.3) is 0 Å². The summed E-state index contributed by atoms with van der Waals surface area (Å²) in [6.07, 6.45) is 1.13. The zero-order valence-corrected chi connectivity index (χ0v) is 14.9. The fraction of sp³-hybridized carbons (Fsp3) is 0.368. The second-order valence-electron chi connectivity index (χ2n) is 6.07. The van der Waals surface area contributed by atoms with Crippen molar-refractivity contribution in [1.29, 1.82) is 0 Å². The average molecular weight is 346 g/mol. The Balaban J connectivity index is 2.34. The Labute approximate surface area is 136 Å². The van der Waals surface area contributed by atoms with Crippen LogP contribution in [0.15, 0.2) is 46.9 Å². The number of hydrogen-bond acceptors (Lipinski definition) is 1. The van der Waals surface area contributed by atoms with Gasteiger partial charge in [0.1, 0.15) is 0 Å². The molecule has 112 valence electrons. The van der Waals surface area contributed by atoms with Gasteiger partial charge in [0.05, 0.1) is 6.04 Å². The molecule has 0 aliphatic carbocycles. The molecule has 21 heavy (non-hydrogen) atoms. The summed E-state index contributed by atoms with van der Waals surface area (Å²) in [5, 5.41) is 3.45. The lowest BCUT2D eigenvalue weighted by Crippen LogP contribution is -2.18. The zero-order chi connectivity index (χ0) is 15.4. The van der Waals surface area contributed by atoms with E-state index in [4.69, 9.17) is 0 Å². The van der Waals surface area contributed by atoms with Crippen molar-refractivity contribution in [3.8, 4) is 0 Å². The summed E-state index contributed by atoms with van der Waals surface area (Å²) in [7, 11) is 2.02. The molecule has 0 aliphatic rings. The maximum atomic E-state index is 3.57. The highest BCUT2D eigenvalue weighted by atomic mass is 79.9. The third kappa shape index (κ3) is 4.18. The normalized spacial score (nSPS) is 12.7. The minimum Gasteiger partial charge on any atom is -0.309 e. The Kier molecular flexibility index (Phi) is 5.60. The molecular formula is C19H24BrN. The summed E-state index contributed by atoms with van der Waals surface area (Å²) in [4.78, 5) is 0. The summed E-state index contributed by atoms with van der Waals surface area (Å²) in [6.45, 7) is 6.66. The molecular weight excluding hydrogens is 322 g/mol. The summed E-state index contributed by atoms with van der Waals surface area (Å²) in [6, 6.07) is 15.7. The highest BCUT2D eigenvalue weighted by Gasteiger charge is 2.13. The quantitative estimate of drug-likeness (QED) is 0.778. The smallest absolute Gasteiger partial charge is 0.0574 e. The molecule has 0 aromatic heterocycles. The van der Waals surface area contributed by atoms with E-state index in [1.807, 2.05) is 7.05 Å².